The Morgan fingerprint density at radius 3 is 1.25 bits per heavy atom. The summed E-state index contributed by atoms with van der Waals surface area (Å²) < 4.78 is 33.9. The fourth-order valence-electron chi connectivity index (χ4n) is 1.91. The van der Waals surface area contributed by atoms with E-state index in [-0.39, 0.29) is 10.8 Å². The maximum absolute atomic E-state index is 5.73. The molecule has 8 heteroatoms. The second-order valence-corrected chi connectivity index (χ2v) is 9.82. The summed E-state index contributed by atoms with van der Waals surface area (Å²) in [6.07, 6.45) is 0. The van der Waals surface area contributed by atoms with Crippen LogP contribution in [0.1, 0.15) is 27.7 Å². The van der Waals surface area contributed by atoms with Gasteiger partial charge in [-0.05, 0) is 24.3 Å². The van der Waals surface area contributed by atoms with Gasteiger partial charge in [-0.25, -0.2) is 0 Å². The molecule has 0 saturated carbocycles. The molecule has 2 saturated heterocycles. The Morgan fingerprint density at radius 1 is 0.667 bits per heavy atom. The third-order valence-corrected chi connectivity index (χ3v) is 5.51. The molecule has 3 rings (SSSR count). The zero-order valence-corrected chi connectivity index (χ0v) is 16.3. The highest BCUT2D eigenvalue weighted by molar-refractivity contribution is 7.42. The minimum Gasteiger partial charge on any atom is -0.427 e. The van der Waals surface area contributed by atoms with E-state index in [1.54, 1.807) is 0 Å². The lowest BCUT2D eigenvalue weighted by molar-refractivity contribution is 0.0421. The van der Waals surface area contributed by atoms with Crippen LogP contribution >= 0.6 is 17.2 Å². The van der Waals surface area contributed by atoms with Crippen molar-refractivity contribution in [3.63, 3.8) is 0 Å². The van der Waals surface area contributed by atoms with Gasteiger partial charge in [-0.3, -0.25) is 0 Å². The van der Waals surface area contributed by atoms with Crippen LogP contribution < -0.4 is 9.05 Å². The molecule has 1 aromatic carbocycles. The van der Waals surface area contributed by atoms with E-state index in [0.717, 1.165) is 0 Å². The van der Waals surface area contributed by atoms with E-state index in [2.05, 4.69) is 27.7 Å². The third-order valence-electron chi connectivity index (χ3n) is 3.43. The van der Waals surface area contributed by atoms with Crippen LogP contribution in [0.3, 0.4) is 0 Å². The SMILES string of the molecule is CC1(C)COP(Oc2ccc(OP3OCC(C)(C)CO3)cc2)OC1. The highest BCUT2D eigenvalue weighted by Crippen LogP contribution is 2.49. The van der Waals surface area contributed by atoms with Crippen LogP contribution in [0.15, 0.2) is 24.3 Å². The second-order valence-electron chi connectivity index (χ2n) is 7.52. The summed E-state index contributed by atoms with van der Waals surface area (Å²) in [6.45, 7) is 10.9. The van der Waals surface area contributed by atoms with Crippen molar-refractivity contribution in [3.05, 3.63) is 24.3 Å². The Morgan fingerprint density at radius 2 is 0.958 bits per heavy atom. The van der Waals surface area contributed by atoms with Crippen molar-refractivity contribution in [1.82, 2.24) is 0 Å². The van der Waals surface area contributed by atoms with Gasteiger partial charge in [0.15, 0.2) is 0 Å². The molecular formula is C16H24O6P2. The zero-order chi connectivity index (χ0) is 17.2. The van der Waals surface area contributed by atoms with E-state index in [1.807, 2.05) is 24.3 Å². The van der Waals surface area contributed by atoms with Crippen LogP contribution in [0, 0.1) is 10.8 Å². The summed E-state index contributed by atoms with van der Waals surface area (Å²) in [5.74, 6) is 1.38. The highest BCUT2D eigenvalue weighted by Gasteiger charge is 2.32. The summed E-state index contributed by atoms with van der Waals surface area (Å²) >= 11 is 0. The predicted molar refractivity (Wildman–Crippen MR) is 92.9 cm³/mol. The molecule has 0 amide bonds. The maximum Gasteiger partial charge on any atom is 0.397 e. The van der Waals surface area contributed by atoms with Crippen molar-refractivity contribution >= 4 is 17.2 Å². The van der Waals surface area contributed by atoms with E-state index >= 15 is 0 Å². The molecule has 0 aromatic heterocycles. The van der Waals surface area contributed by atoms with Gasteiger partial charge in [0.25, 0.3) is 0 Å². The molecule has 2 aliphatic rings. The first kappa shape index (κ1) is 18.3. The molecule has 24 heavy (non-hydrogen) atoms. The van der Waals surface area contributed by atoms with Gasteiger partial charge in [0.05, 0.1) is 26.4 Å². The number of benzene rings is 1. The molecule has 1 aromatic rings. The van der Waals surface area contributed by atoms with E-state index in [9.17, 15) is 0 Å². The van der Waals surface area contributed by atoms with Crippen molar-refractivity contribution < 1.29 is 27.1 Å². The van der Waals surface area contributed by atoms with Gasteiger partial charge in [-0.2, -0.15) is 0 Å². The largest absolute Gasteiger partial charge is 0.427 e. The summed E-state index contributed by atoms with van der Waals surface area (Å²) in [5.41, 5.74) is 0.0766. The van der Waals surface area contributed by atoms with Crippen LogP contribution in [0.25, 0.3) is 0 Å². The van der Waals surface area contributed by atoms with Crippen LogP contribution in [0.5, 0.6) is 11.5 Å². The molecule has 0 radical (unpaired) electrons. The molecule has 2 heterocycles. The quantitative estimate of drug-likeness (QED) is 0.688. The molecule has 134 valence electrons. The first-order valence-electron chi connectivity index (χ1n) is 7.89. The first-order chi connectivity index (χ1) is 11.3. The Hall–Kier alpha value is -0.480. The van der Waals surface area contributed by atoms with Crippen LogP contribution in [-0.2, 0) is 18.1 Å². The summed E-state index contributed by atoms with van der Waals surface area (Å²) in [4.78, 5) is 0. The third kappa shape index (κ3) is 5.26. The van der Waals surface area contributed by atoms with Gasteiger partial charge in [-0.15, -0.1) is 0 Å². The molecule has 0 atom stereocenters. The molecule has 0 spiro atoms. The van der Waals surface area contributed by atoms with Crippen LogP contribution in [-0.4, -0.2) is 26.4 Å². The monoisotopic (exact) mass is 374 g/mol. The van der Waals surface area contributed by atoms with Gasteiger partial charge >= 0.3 is 17.2 Å². The molecule has 0 unspecified atom stereocenters. The lowest BCUT2D eigenvalue weighted by Crippen LogP contribution is -2.29. The molecule has 0 aliphatic carbocycles. The molecule has 2 aliphatic heterocycles. The topological polar surface area (TPSA) is 55.4 Å². The normalized spacial score (nSPS) is 24.5. The van der Waals surface area contributed by atoms with Crippen molar-refractivity contribution in [3.8, 4) is 11.5 Å². The smallest absolute Gasteiger partial charge is 0.397 e. The predicted octanol–water partition coefficient (Wildman–Crippen LogP) is 5.04. The second kappa shape index (κ2) is 7.41. The Bertz CT molecular complexity index is 479. The van der Waals surface area contributed by atoms with Gasteiger partial charge in [-0.1, -0.05) is 27.7 Å². The van der Waals surface area contributed by atoms with E-state index < -0.39 is 17.2 Å². The fourth-order valence-corrected chi connectivity index (χ4v) is 4.67. The minimum absolute atomic E-state index is 0.0383. The van der Waals surface area contributed by atoms with Crippen molar-refractivity contribution in [2.75, 3.05) is 26.4 Å². The average molecular weight is 374 g/mol. The van der Waals surface area contributed by atoms with Crippen LogP contribution in [0.2, 0.25) is 0 Å². The summed E-state index contributed by atoms with van der Waals surface area (Å²) in [5, 5.41) is 0. The zero-order valence-electron chi connectivity index (χ0n) is 14.5. The molecule has 0 N–H and O–H groups in total. The van der Waals surface area contributed by atoms with Crippen molar-refractivity contribution in [1.29, 1.82) is 0 Å². The highest BCUT2D eigenvalue weighted by atomic mass is 31.2. The average Bonchev–Trinajstić information content (AvgIpc) is 2.53. The maximum atomic E-state index is 5.73. The Balaban J connectivity index is 1.47. The van der Waals surface area contributed by atoms with Gasteiger partial charge < -0.3 is 27.1 Å². The molecule has 0 bridgehead atoms. The standard InChI is InChI=1S/C16H24O6P2/c1-15(2)9-17-23(18-10-15)21-13-5-7-14(8-6-13)22-24-19-11-16(3,4)12-20-24/h5-8H,9-12H2,1-4H3. The van der Waals surface area contributed by atoms with Crippen molar-refractivity contribution in [2.24, 2.45) is 10.8 Å². The molecule has 2 fully saturated rings. The Labute approximate surface area is 145 Å². The number of hydrogen-bond acceptors (Lipinski definition) is 6. The van der Waals surface area contributed by atoms with Gasteiger partial charge in [0.1, 0.15) is 11.5 Å². The van der Waals surface area contributed by atoms with Crippen LogP contribution in [0.4, 0.5) is 0 Å². The van der Waals surface area contributed by atoms with E-state index in [1.165, 1.54) is 0 Å². The first-order valence-corrected chi connectivity index (χ1v) is 10.1. The van der Waals surface area contributed by atoms with E-state index in [0.29, 0.717) is 37.9 Å². The number of rotatable bonds is 4. The molecule has 6 nitrogen and oxygen atoms in total. The molecular weight excluding hydrogens is 350 g/mol. The lowest BCUT2D eigenvalue weighted by atomic mass is 9.97. The summed E-state index contributed by atoms with van der Waals surface area (Å²) in [7, 11) is -2.66. The van der Waals surface area contributed by atoms with Gasteiger partial charge in [0, 0.05) is 10.8 Å². The summed E-state index contributed by atoms with van der Waals surface area (Å²) in [6, 6.07) is 7.31. The fraction of sp³-hybridized carbons (Fsp3) is 0.625. The Kier molecular flexibility index (Phi) is 5.65. The van der Waals surface area contributed by atoms with Gasteiger partial charge in [0.2, 0.25) is 0 Å². The minimum atomic E-state index is -1.33. The van der Waals surface area contributed by atoms with Crippen molar-refractivity contribution in [2.45, 2.75) is 27.7 Å². The number of hydrogen-bond donors (Lipinski definition) is 0. The lowest BCUT2D eigenvalue weighted by Gasteiger charge is -2.32. The van der Waals surface area contributed by atoms with E-state index in [4.69, 9.17) is 27.1 Å².